The van der Waals surface area contributed by atoms with Gasteiger partial charge in [0.2, 0.25) is 0 Å². The minimum Gasteiger partial charge on any atom is -0.399 e. The Kier molecular flexibility index (Phi) is 4.97. The molecule has 0 aromatic heterocycles. The van der Waals surface area contributed by atoms with Crippen molar-refractivity contribution in [1.82, 2.24) is 4.90 Å². The van der Waals surface area contributed by atoms with E-state index < -0.39 is 0 Å². The quantitative estimate of drug-likeness (QED) is 0.852. The second kappa shape index (κ2) is 6.92. The first-order valence-corrected chi connectivity index (χ1v) is 7.16. The van der Waals surface area contributed by atoms with Crippen LogP contribution in [0.4, 0.5) is 5.69 Å². The van der Waals surface area contributed by atoms with Crippen molar-refractivity contribution in [2.24, 2.45) is 0 Å². The van der Waals surface area contributed by atoms with E-state index in [2.05, 4.69) is 36.9 Å². The molecule has 0 radical (unpaired) electrons. The molecule has 2 aromatic carbocycles. The number of hydrogen-bond acceptors (Lipinski definition) is 3. The summed E-state index contributed by atoms with van der Waals surface area (Å²) in [5.41, 5.74) is 9.56. The summed E-state index contributed by atoms with van der Waals surface area (Å²) in [4.78, 5) is 2.35. The molecule has 0 amide bonds. The minimum absolute atomic E-state index is 0.398. The average Bonchev–Trinajstić information content (AvgIpc) is 2.49. The van der Waals surface area contributed by atoms with Crippen molar-refractivity contribution in [1.29, 1.82) is 5.26 Å². The van der Waals surface area contributed by atoms with E-state index in [0.717, 1.165) is 29.9 Å². The van der Waals surface area contributed by atoms with Gasteiger partial charge in [0.15, 0.2) is 0 Å². The van der Waals surface area contributed by atoms with Gasteiger partial charge >= 0.3 is 0 Å². The fourth-order valence-corrected chi connectivity index (χ4v) is 2.26. The Morgan fingerprint density at radius 1 is 1.05 bits per heavy atom. The first kappa shape index (κ1) is 15.1. The number of nitrogens with zero attached hydrogens (tertiary/aromatic N) is 2. The lowest BCUT2D eigenvalue weighted by molar-refractivity contribution is 0.203. The van der Waals surface area contributed by atoms with Crippen LogP contribution in [0.15, 0.2) is 48.5 Å². The molecule has 0 fully saturated rings. The van der Waals surface area contributed by atoms with Gasteiger partial charge in [-0.25, -0.2) is 0 Å². The lowest BCUT2D eigenvalue weighted by Gasteiger charge is -2.27. The predicted octanol–water partition coefficient (Wildman–Crippen LogP) is 3.55. The van der Waals surface area contributed by atoms with E-state index >= 15 is 0 Å². The molecule has 0 aliphatic carbocycles. The maximum Gasteiger partial charge on any atom is 0.0995 e. The third kappa shape index (κ3) is 4.08. The zero-order valence-electron chi connectivity index (χ0n) is 12.6. The summed E-state index contributed by atoms with van der Waals surface area (Å²) in [5, 5.41) is 9.21. The van der Waals surface area contributed by atoms with Gasteiger partial charge in [-0.3, -0.25) is 4.90 Å². The first-order chi connectivity index (χ1) is 10.1. The summed E-state index contributed by atoms with van der Waals surface area (Å²) in [6.45, 7) is 5.96. The van der Waals surface area contributed by atoms with Crippen LogP contribution in [-0.2, 0) is 13.1 Å². The third-order valence-corrected chi connectivity index (χ3v) is 3.61. The van der Waals surface area contributed by atoms with Gasteiger partial charge in [0.25, 0.3) is 0 Å². The number of rotatable bonds is 5. The molecule has 0 aliphatic heterocycles. The van der Waals surface area contributed by atoms with Gasteiger partial charge in [-0.1, -0.05) is 30.3 Å². The Morgan fingerprint density at radius 3 is 2.33 bits per heavy atom. The van der Waals surface area contributed by atoms with Gasteiger partial charge in [0, 0.05) is 24.8 Å². The van der Waals surface area contributed by atoms with Crippen LogP contribution in [0.1, 0.15) is 30.5 Å². The summed E-state index contributed by atoms with van der Waals surface area (Å²) in [5.74, 6) is 0. The van der Waals surface area contributed by atoms with Crippen LogP contribution in [-0.4, -0.2) is 10.9 Å². The number of nitrogen functional groups attached to an aromatic ring is 1. The van der Waals surface area contributed by atoms with Crippen molar-refractivity contribution in [3.05, 3.63) is 65.2 Å². The summed E-state index contributed by atoms with van der Waals surface area (Å²) in [6, 6.07) is 18.4. The fourth-order valence-electron chi connectivity index (χ4n) is 2.26. The molecule has 2 aromatic rings. The normalized spacial score (nSPS) is 10.8. The van der Waals surface area contributed by atoms with Crippen LogP contribution >= 0.6 is 0 Å². The van der Waals surface area contributed by atoms with Crippen LogP contribution in [0.25, 0.3) is 0 Å². The maximum atomic E-state index is 9.21. The second-order valence-electron chi connectivity index (χ2n) is 5.51. The van der Waals surface area contributed by atoms with Gasteiger partial charge in [0.1, 0.15) is 0 Å². The first-order valence-electron chi connectivity index (χ1n) is 7.16. The molecule has 3 heteroatoms. The van der Waals surface area contributed by atoms with Crippen molar-refractivity contribution in [2.75, 3.05) is 5.73 Å². The number of nitriles is 1. The van der Waals surface area contributed by atoms with E-state index in [9.17, 15) is 5.26 Å². The van der Waals surface area contributed by atoms with Crippen molar-refractivity contribution < 1.29 is 0 Å². The Bertz CT molecular complexity index is 624. The van der Waals surface area contributed by atoms with E-state index in [1.165, 1.54) is 5.56 Å². The smallest absolute Gasteiger partial charge is 0.0995 e. The van der Waals surface area contributed by atoms with Crippen LogP contribution in [0.2, 0.25) is 0 Å². The zero-order chi connectivity index (χ0) is 15.2. The second-order valence-corrected chi connectivity index (χ2v) is 5.51. The molecule has 0 heterocycles. The van der Waals surface area contributed by atoms with Gasteiger partial charge < -0.3 is 5.73 Å². The minimum atomic E-state index is 0.398. The van der Waals surface area contributed by atoms with Crippen LogP contribution < -0.4 is 5.73 Å². The Hall–Kier alpha value is -2.31. The van der Waals surface area contributed by atoms with E-state index in [0.29, 0.717) is 6.04 Å². The maximum absolute atomic E-state index is 9.21. The average molecular weight is 279 g/mol. The van der Waals surface area contributed by atoms with Gasteiger partial charge in [-0.2, -0.15) is 5.26 Å². The molecule has 0 atom stereocenters. The molecular weight excluding hydrogens is 258 g/mol. The summed E-state index contributed by atoms with van der Waals surface area (Å²) < 4.78 is 0. The van der Waals surface area contributed by atoms with Gasteiger partial charge in [0.05, 0.1) is 11.6 Å². The Balaban J connectivity index is 2.16. The molecule has 0 spiro atoms. The number of nitrogens with two attached hydrogens (primary N) is 1. The molecule has 3 nitrogen and oxygen atoms in total. The molecule has 2 rings (SSSR count). The SMILES string of the molecule is CC(C)N(Cc1ccc(N)cc1)Cc1ccccc1C#N. The highest BCUT2D eigenvalue weighted by molar-refractivity contribution is 5.39. The van der Waals surface area contributed by atoms with Crippen molar-refractivity contribution in [3.8, 4) is 6.07 Å². The lowest BCUT2D eigenvalue weighted by atomic mass is 10.1. The molecule has 0 bridgehead atoms. The van der Waals surface area contributed by atoms with E-state index in [1.54, 1.807) is 0 Å². The van der Waals surface area contributed by atoms with Crippen LogP contribution in [0.3, 0.4) is 0 Å². The number of anilines is 1. The summed E-state index contributed by atoms with van der Waals surface area (Å²) in [7, 11) is 0. The monoisotopic (exact) mass is 279 g/mol. The topological polar surface area (TPSA) is 53.0 Å². The van der Waals surface area contributed by atoms with Crippen molar-refractivity contribution in [3.63, 3.8) is 0 Å². The highest BCUT2D eigenvalue weighted by atomic mass is 15.1. The van der Waals surface area contributed by atoms with E-state index in [1.807, 2.05) is 36.4 Å². The Morgan fingerprint density at radius 2 is 1.71 bits per heavy atom. The predicted molar refractivity (Wildman–Crippen MR) is 86.4 cm³/mol. The fraction of sp³-hybridized carbons (Fsp3) is 0.278. The molecule has 0 aliphatic rings. The van der Waals surface area contributed by atoms with Crippen LogP contribution in [0, 0.1) is 11.3 Å². The van der Waals surface area contributed by atoms with Crippen molar-refractivity contribution in [2.45, 2.75) is 33.0 Å². The zero-order valence-corrected chi connectivity index (χ0v) is 12.6. The highest BCUT2D eigenvalue weighted by Gasteiger charge is 2.13. The lowest BCUT2D eigenvalue weighted by Crippen LogP contribution is -2.30. The molecule has 108 valence electrons. The van der Waals surface area contributed by atoms with E-state index in [4.69, 9.17) is 5.73 Å². The molecular formula is C18H21N3. The van der Waals surface area contributed by atoms with Gasteiger partial charge in [-0.05, 0) is 43.2 Å². The molecule has 0 unspecified atom stereocenters. The molecule has 21 heavy (non-hydrogen) atoms. The number of hydrogen-bond donors (Lipinski definition) is 1. The molecule has 0 saturated heterocycles. The van der Waals surface area contributed by atoms with Gasteiger partial charge in [-0.15, -0.1) is 0 Å². The summed E-state index contributed by atoms with van der Waals surface area (Å²) in [6.07, 6.45) is 0. The standard InChI is InChI=1S/C18H21N3/c1-14(2)21(12-15-7-9-18(20)10-8-15)13-17-6-4-3-5-16(17)11-19/h3-10,14H,12-13,20H2,1-2H3. The van der Waals surface area contributed by atoms with Crippen molar-refractivity contribution >= 4 is 5.69 Å². The molecule has 0 saturated carbocycles. The Labute approximate surface area is 126 Å². The summed E-state index contributed by atoms with van der Waals surface area (Å²) >= 11 is 0. The van der Waals surface area contributed by atoms with E-state index in [-0.39, 0.29) is 0 Å². The highest BCUT2D eigenvalue weighted by Crippen LogP contribution is 2.16. The largest absolute Gasteiger partial charge is 0.399 e. The van der Waals surface area contributed by atoms with Crippen LogP contribution in [0.5, 0.6) is 0 Å². The third-order valence-electron chi connectivity index (χ3n) is 3.61. The molecule has 2 N–H and O–H groups in total. The number of benzene rings is 2.